The van der Waals surface area contributed by atoms with Gasteiger partial charge in [-0.2, -0.15) is 0 Å². The third-order valence-electron chi connectivity index (χ3n) is 4.07. The van der Waals surface area contributed by atoms with Crippen LogP contribution < -0.4 is 4.84 Å². The van der Waals surface area contributed by atoms with E-state index in [1.54, 1.807) is 0 Å². The molecular formula is C10H16ClNO2. The molecule has 80 valence electrons. The number of halogens is 1. The Balaban J connectivity index is 2.12. The summed E-state index contributed by atoms with van der Waals surface area (Å²) < 4.78 is 4.88. The molecule has 14 heavy (non-hydrogen) atoms. The highest BCUT2D eigenvalue weighted by atomic mass is 35.5. The van der Waals surface area contributed by atoms with Crippen molar-refractivity contribution in [3.05, 3.63) is 0 Å². The molecule has 0 saturated heterocycles. The molecule has 0 amide bonds. The third kappa shape index (κ3) is 1.34. The Morgan fingerprint density at radius 3 is 2.07 bits per heavy atom. The van der Waals surface area contributed by atoms with Crippen molar-refractivity contribution in [2.75, 3.05) is 7.11 Å². The van der Waals surface area contributed by atoms with Gasteiger partial charge in [0.1, 0.15) is 0 Å². The van der Waals surface area contributed by atoms with Gasteiger partial charge in [-0.15, -0.1) is 0 Å². The summed E-state index contributed by atoms with van der Waals surface area (Å²) in [4.78, 5) is 14.6. The van der Waals surface area contributed by atoms with Crippen LogP contribution in [0.25, 0.3) is 0 Å². The van der Waals surface area contributed by atoms with Crippen LogP contribution in [0.15, 0.2) is 0 Å². The van der Waals surface area contributed by atoms with Gasteiger partial charge in [-0.1, -0.05) is 0 Å². The van der Waals surface area contributed by atoms with E-state index in [-0.39, 0.29) is 16.9 Å². The standard InChI is InChI=1S/C10H16ClNO2/c1-14-8(13)9-2-5-10(12-11,6-3-9)7-4-9/h12H,2-7H2,1H3. The maximum Gasteiger partial charge on any atom is 0.311 e. The molecule has 1 N–H and O–H groups in total. The van der Waals surface area contributed by atoms with Crippen molar-refractivity contribution in [3.8, 4) is 0 Å². The van der Waals surface area contributed by atoms with Crippen molar-refractivity contribution in [2.45, 2.75) is 44.1 Å². The molecule has 0 spiro atoms. The molecule has 0 aromatic carbocycles. The topological polar surface area (TPSA) is 38.3 Å². The monoisotopic (exact) mass is 217 g/mol. The lowest BCUT2D eigenvalue weighted by Crippen LogP contribution is -2.54. The van der Waals surface area contributed by atoms with Gasteiger partial charge in [0.15, 0.2) is 0 Å². The van der Waals surface area contributed by atoms with Gasteiger partial charge in [-0.3, -0.25) is 4.79 Å². The van der Waals surface area contributed by atoms with Gasteiger partial charge in [0, 0.05) is 5.54 Å². The zero-order valence-corrected chi connectivity index (χ0v) is 9.19. The number of nitrogens with one attached hydrogen (secondary N) is 1. The number of fused-ring (bicyclic) bond motifs is 3. The van der Waals surface area contributed by atoms with E-state index in [2.05, 4.69) is 4.84 Å². The van der Waals surface area contributed by atoms with Gasteiger partial charge >= 0.3 is 5.97 Å². The van der Waals surface area contributed by atoms with Crippen molar-refractivity contribution in [1.82, 2.24) is 4.84 Å². The van der Waals surface area contributed by atoms with E-state index < -0.39 is 0 Å². The summed E-state index contributed by atoms with van der Waals surface area (Å²) in [7, 11) is 1.48. The van der Waals surface area contributed by atoms with Gasteiger partial charge in [0.2, 0.25) is 0 Å². The van der Waals surface area contributed by atoms with Crippen LogP contribution in [-0.4, -0.2) is 18.6 Å². The summed E-state index contributed by atoms with van der Waals surface area (Å²) in [5.74, 6) is -0.0274. The Morgan fingerprint density at radius 1 is 1.21 bits per heavy atom. The summed E-state index contributed by atoms with van der Waals surface area (Å²) >= 11 is 5.75. The summed E-state index contributed by atoms with van der Waals surface area (Å²) in [5, 5.41) is 0. The SMILES string of the molecule is COC(=O)C12CCC(NCl)(CC1)CC2. The van der Waals surface area contributed by atoms with Crippen LogP contribution in [0.2, 0.25) is 0 Å². The predicted molar refractivity (Wildman–Crippen MR) is 53.9 cm³/mol. The lowest BCUT2D eigenvalue weighted by Gasteiger charge is -2.50. The van der Waals surface area contributed by atoms with Gasteiger partial charge in [-0.25, -0.2) is 4.84 Å². The highest BCUT2D eigenvalue weighted by Gasteiger charge is 2.52. The van der Waals surface area contributed by atoms with Crippen LogP contribution >= 0.6 is 11.8 Å². The Bertz CT molecular complexity index is 230. The number of carbonyl (C=O) groups excluding carboxylic acids is 1. The number of hydrogen-bond acceptors (Lipinski definition) is 3. The zero-order valence-electron chi connectivity index (χ0n) is 8.44. The molecule has 4 heteroatoms. The second-order valence-corrected chi connectivity index (χ2v) is 4.84. The maximum atomic E-state index is 11.7. The van der Waals surface area contributed by atoms with E-state index in [0.29, 0.717) is 0 Å². The summed E-state index contributed by atoms with van der Waals surface area (Å²) in [6, 6.07) is 0. The van der Waals surface area contributed by atoms with Gasteiger partial charge in [0.25, 0.3) is 0 Å². The van der Waals surface area contributed by atoms with E-state index in [1.165, 1.54) is 7.11 Å². The lowest BCUT2D eigenvalue weighted by molar-refractivity contribution is -0.160. The molecule has 0 unspecified atom stereocenters. The molecule has 3 nitrogen and oxygen atoms in total. The number of carbonyl (C=O) groups is 1. The van der Waals surface area contributed by atoms with Crippen LogP contribution in [-0.2, 0) is 9.53 Å². The Morgan fingerprint density at radius 2 is 1.71 bits per heavy atom. The minimum atomic E-state index is -0.190. The van der Waals surface area contributed by atoms with Gasteiger partial charge in [0.05, 0.1) is 12.5 Å². The molecule has 0 heterocycles. The first-order chi connectivity index (χ1) is 6.66. The Kier molecular flexibility index (Phi) is 2.48. The van der Waals surface area contributed by atoms with Crippen molar-refractivity contribution in [1.29, 1.82) is 0 Å². The molecule has 0 aliphatic heterocycles. The number of hydrogen-bond donors (Lipinski definition) is 1. The number of ether oxygens (including phenoxy) is 1. The van der Waals surface area contributed by atoms with Crippen LogP contribution in [0.5, 0.6) is 0 Å². The second kappa shape index (κ2) is 3.38. The highest BCUT2D eigenvalue weighted by molar-refractivity contribution is 6.13. The molecule has 3 aliphatic carbocycles. The first-order valence-electron chi connectivity index (χ1n) is 5.13. The molecule has 0 aromatic rings. The molecule has 0 atom stereocenters. The second-order valence-electron chi connectivity index (χ2n) is 4.65. The Labute approximate surface area is 89.3 Å². The van der Waals surface area contributed by atoms with Crippen LogP contribution in [0.4, 0.5) is 0 Å². The average Bonchev–Trinajstić information content (AvgIpc) is 2.30. The fraction of sp³-hybridized carbons (Fsp3) is 0.900. The minimum Gasteiger partial charge on any atom is -0.469 e. The molecule has 3 rings (SSSR count). The number of esters is 1. The first-order valence-corrected chi connectivity index (χ1v) is 5.50. The zero-order chi connectivity index (χ0) is 10.2. The van der Waals surface area contributed by atoms with E-state index in [1.807, 2.05) is 0 Å². The maximum absolute atomic E-state index is 11.7. The van der Waals surface area contributed by atoms with Gasteiger partial charge in [-0.05, 0) is 50.3 Å². The smallest absolute Gasteiger partial charge is 0.311 e. The summed E-state index contributed by atoms with van der Waals surface area (Å²) in [6.07, 6.45) is 5.72. The number of methoxy groups -OCH3 is 1. The fourth-order valence-electron chi connectivity index (χ4n) is 2.85. The predicted octanol–water partition coefficient (Wildman–Crippen LogP) is 2.00. The fourth-order valence-corrected chi connectivity index (χ4v) is 3.13. The molecule has 3 aliphatic rings. The largest absolute Gasteiger partial charge is 0.469 e. The van der Waals surface area contributed by atoms with Crippen molar-refractivity contribution in [2.24, 2.45) is 5.41 Å². The van der Waals surface area contributed by atoms with Crippen LogP contribution in [0, 0.1) is 5.41 Å². The van der Waals surface area contributed by atoms with Crippen molar-refractivity contribution < 1.29 is 9.53 Å². The van der Waals surface area contributed by atoms with E-state index >= 15 is 0 Å². The lowest BCUT2D eigenvalue weighted by atomic mass is 9.57. The molecular weight excluding hydrogens is 202 g/mol. The van der Waals surface area contributed by atoms with Gasteiger partial charge < -0.3 is 4.74 Å². The molecule has 3 fully saturated rings. The van der Waals surface area contributed by atoms with Crippen molar-refractivity contribution >= 4 is 17.7 Å². The average molecular weight is 218 g/mol. The summed E-state index contributed by atoms with van der Waals surface area (Å²) in [5.41, 5.74) is -0.0957. The van der Waals surface area contributed by atoms with E-state index in [0.717, 1.165) is 38.5 Å². The van der Waals surface area contributed by atoms with Crippen molar-refractivity contribution in [3.63, 3.8) is 0 Å². The van der Waals surface area contributed by atoms with Crippen LogP contribution in [0.3, 0.4) is 0 Å². The van der Waals surface area contributed by atoms with Crippen LogP contribution in [0.1, 0.15) is 38.5 Å². The quantitative estimate of drug-likeness (QED) is 0.568. The molecule has 0 radical (unpaired) electrons. The third-order valence-corrected chi connectivity index (χ3v) is 4.47. The Hall–Kier alpha value is -0.280. The first kappa shape index (κ1) is 10.2. The molecule has 2 bridgehead atoms. The number of rotatable bonds is 2. The normalized spacial score (nSPS) is 41.0. The molecule has 0 aromatic heterocycles. The minimum absolute atomic E-state index is 0.0274. The van der Waals surface area contributed by atoms with E-state index in [4.69, 9.17) is 16.5 Å². The van der Waals surface area contributed by atoms with E-state index in [9.17, 15) is 4.79 Å². The highest BCUT2D eigenvalue weighted by Crippen LogP contribution is 2.52. The summed E-state index contributed by atoms with van der Waals surface area (Å²) in [6.45, 7) is 0. The molecule has 3 saturated carbocycles.